The predicted molar refractivity (Wildman–Crippen MR) is 83.2 cm³/mol. The van der Waals surface area contributed by atoms with E-state index in [4.69, 9.17) is 0 Å². The van der Waals surface area contributed by atoms with Crippen molar-refractivity contribution in [3.63, 3.8) is 0 Å². The highest BCUT2D eigenvalue weighted by Gasteiger charge is 2.31. The van der Waals surface area contributed by atoms with Crippen LogP contribution in [0, 0.1) is 0 Å². The number of nitrogens with one attached hydrogen (secondary N) is 2. The molecule has 0 spiro atoms. The predicted octanol–water partition coefficient (Wildman–Crippen LogP) is 0.475. The molecule has 1 saturated carbocycles. The van der Waals surface area contributed by atoms with Gasteiger partial charge in [0, 0.05) is 5.56 Å². The maximum atomic E-state index is 2.34. The van der Waals surface area contributed by atoms with Gasteiger partial charge in [0.25, 0.3) is 0 Å². The topological polar surface area (TPSA) is 8.88 Å². The van der Waals surface area contributed by atoms with Crippen LogP contribution in [-0.2, 0) is 13.0 Å². The Kier molecular flexibility index (Phi) is 4.74. The molecule has 0 aromatic heterocycles. The Morgan fingerprint density at radius 2 is 1.50 bits per heavy atom. The van der Waals surface area contributed by atoms with Crippen LogP contribution in [0.3, 0.4) is 0 Å². The van der Waals surface area contributed by atoms with Crippen LogP contribution in [0.25, 0.3) is 0 Å². The largest absolute Gasteiger partial charge is 0.323 e. The molecule has 0 radical (unpaired) electrons. The summed E-state index contributed by atoms with van der Waals surface area (Å²) in [5, 5.41) is 0. The van der Waals surface area contributed by atoms with Crippen molar-refractivity contribution < 1.29 is 9.80 Å². The summed E-state index contributed by atoms with van der Waals surface area (Å²) in [4.78, 5) is 3.70. The molecule has 1 saturated heterocycles. The Morgan fingerprint density at radius 1 is 0.900 bits per heavy atom. The van der Waals surface area contributed by atoms with E-state index >= 15 is 0 Å². The summed E-state index contributed by atoms with van der Waals surface area (Å²) in [6.07, 6.45) is 7.09. The van der Waals surface area contributed by atoms with E-state index in [1.807, 2.05) is 4.90 Å². The summed E-state index contributed by atoms with van der Waals surface area (Å²) in [5.41, 5.74) is 2.97. The molecule has 2 aliphatic rings. The standard InChI is InChI=1S/C18H28N2/c1-2-16-7-9-17(10-8-16)15-19-11-13-20(14-12-19)18-5-3-4-6-18/h7-10,18H,2-6,11-15H2,1H3/p+2. The highest BCUT2D eigenvalue weighted by Crippen LogP contribution is 2.15. The first-order valence-electron chi connectivity index (χ1n) is 8.61. The van der Waals surface area contributed by atoms with Crippen LogP contribution in [-0.4, -0.2) is 32.2 Å². The van der Waals surface area contributed by atoms with E-state index in [9.17, 15) is 0 Å². The van der Waals surface area contributed by atoms with Crippen molar-refractivity contribution in [2.24, 2.45) is 0 Å². The number of benzene rings is 1. The van der Waals surface area contributed by atoms with Gasteiger partial charge in [0.1, 0.15) is 32.7 Å². The normalized spacial score (nSPS) is 27.9. The Morgan fingerprint density at radius 3 is 2.10 bits per heavy atom. The summed E-state index contributed by atoms with van der Waals surface area (Å²) in [6.45, 7) is 8.97. The maximum absolute atomic E-state index is 2.34. The average Bonchev–Trinajstić information content (AvgIpc) is 3.03. The molecule has 1 aliphatic carbocycles. The van der Waals surface area contributed by atoms with E-state index < -0.39 is 0 Å². The molecule has 110 valence electrons. The molecule has 1 aromatic carbocycles. The van der Waals surface area contributed by atoms with Crippen LogP contribution in [0.1, 0.15) is 43.7 Å². The SMILES string of the molecule is CCc1ccc(C[NH+]2CC[NH+](C3CCCC3)CC2)cc1. The van der Waals surface area contributed by atoms with Gasteiger partial charge in [-0.25, -0.2) is 0 Å². The molecule has 0 bridgehead atoms. The van der Waals surface area contributed by atoms with Gasteiger partial charge in [0.2, 0.25) is 0 Å². The van der Waals surface area contributed by atoms with Crippen molar-refractivity contribution in [2.75, 3.05) is 26.2 Å². The molecule has 1 aliphatic heterocycles. The van der Waals surface area contributed by atoms with Crippen molar-refractivity contribution in [1.82, 2.24) is 0 Å². The Bertz CT molecular complexity index is 398. The third kappa shape index (κ3) is 3.42. The van der Waals surface area contributed by atoms with Crippen LogP contribution < -0.4 is 9.80 Å². The minimum absolute atomic E-state index is 1.00. The lowest BCUT2D eigenvalue weighted by molar-refractivity contribution is -1.03. The van der Waals surface area contributed by atoms with Crippen LogP contribution in [0.4, 0.5) is 0 Å². The van der Waals surface area contributed by atoms with Gasteiger partial charge in [-0.1, -0.05) is 31.2 Å². The Labute approximate surface area is 123 Å². The van der Waals surface area contributed by atoms with E-state index in [2.05, 4.69) is 31.2 Å². The lowest BCUT2D eigenvalue weighted by atomic mass is 10.1. The molecule has 20 heavy (non-hydrogen) atoms. The fraction of sp³-hybridized carbons (Fsp3) is 0.667. The van der Waals surface area contributed by atoms with E-state index in [1.54, 1.807) is 4.90 Å². The molecule has 0 unspecified atom stereocenters. The van der Waals surface area contributed by atoms with E-state index in [1.165, 1.54) is 69.5 Å². The molecule has 1 aromatic rings. The van der Waals surface area contributed by atoms with Crippen molar-refractivity contribution in [2.45, 2.75) is 51.6 Å². The minimum atomic E-state index is 1.00. The van der Waals surface area contributed by atoms with Crippen molar-refractivity contribution in [1.29, 1.82) is 0 Å². The van der Waals surface area contributed by atoms with Gasteiger partial charge in [0.15, 0.2) is 0 Å². The smallest absolute Gasteiger partial charge is 0.127 e. The molecule has 2 N–H and O–H groups in total. The zero-order valence-electron chi connectivity index (χ0n) is 13.0. The third-order valence-electron chi connectivity index (χ3n) is 5.42. The number of piperazine rings is 1. The van der Waals surface area contributed by atoms with E-state index in [-0.39, 0.29) is 0 Å². The van der Waals surface area contributed by atoms with Gasteiger partial charge < -0.3 is 9.80 Å². The number of rotatable bonds is 4. The Hall–Kier alpha value is -0.860. The highest BCUT2D eigenvalue weighted by molar-refractivity contribution is 5.21. The molecule has 2 heteroatoms. The summed E-state index contributed by atoms with van der Waals surface area (Å²) in [6, 6.07) is 10.3. The number of quaternary nitrogens is 2. The zero-order chi connectivity index (χ0) is 13.8. The fourth-order valence-electron chi connectivity index (χ4n) is 4.03. The molecular formula is C18H30N2+2. The summed E-state index contributed by atoms with van der Waals surface area (Å²) >= 11 is 0. The average molecular weight is 274 g/mol. The minimum Gasteiger partial charge on any atom is -0.323 e. The van der Waals surface area contributed by atoms with Crippen molar-refractivity contribution in [3.05, 3.63) is 35.4 Å². The van der Waals surface area contributed by atoms with Crippen LogP contribution in [0.2, 0.25) is 0 Å². The van der Waals surface area contributed by atoms with E-state index in [0.717, 1.165) is 12.5 Å². The first kappa shape index (κ1) is 14.1. The number of hydrogen-bond donors (Lipinski definition) is 2. The zero-order valence-corrected chi connectivity index (χ0v) is 13.0. The maximum Gasteiger partial charge on any atom is 0.127 e. The first-order valence-corrected chi connectivity index (χ1v) is 8.61. The van der Waals surface area contributed by atoms with Gasteiger partial charge >= 0.3 is 0 Å². The van der Waals surface area contributed by atoms with Crippen molar-refractivity contribution in [3.8, 4) is 0 Å². The second kappa shape index (κ2) is 6.73. The van der Waals surface area contributed by atoms with Gasteiger partial charge in [0.05, 0.1) is 6.04 Å². The van der Waals surface area contributed by atoms with Gasteiger partial charge in [-0.15, -0.1) is 0 Å². The third-order valence-corrected chi connectivity index (χ3v) is 5.42. The quantitative estimate of drug-likeness (QED) is 0.790. The molecule has 2 nitrogen and oxygen atoms in total. The second-order valence-electron chi connectivity index (χ2n) is 6.74. The summed E-state index contributed by atoms with van der Waals surface area (Å²) in [5.74, 6) is 0. The molecular weight excluding hydrogens is 244 g/mol. The van der Waals surface area contributed by atoms with Crippen molar-refractivity contribution >= 4 is 0 Å². The second-order valence-corrected chi connectivity index (χ2v) is 6.74. The number of aryl methyl sites for hydroxylation is 1. The van der Waals surface area contributed by atoms with Gasteiger partial charge in [-0.3, -0.25) is 0 Å². The van der Waals surface area contributed by atoms with E-state index in [0.29, 0.717) is 0 Å². The molecule has 0 atom stereocenters. The van der Waals surface area contributed by atoms with Crippen LogP contribution in [0.5, 0.6) is 0 Å². The molecule has 0 amide bonds. The fourth-order valence-corrected chi connectivity index (χ4v) is 4.03. The van der Waals surface area contributed by atoms with Gasteiger partial charge in [-0.05, 0) is 37.7 Å². The molecule has 3 rings (SSSR count). The first-order chi connectivity index (χ1) is 9.85. The lowest BCUT2D eigenvalue weighted by Crippen LogP contribution is -3.29. The monoisotopic (exact) mass is 274 g/mol. The Balaban J connectivity index is 1.47. The lowest BCUT2D eigenvalue weighted by Gasteiger charge is -2.33. The molecule has 1 heterocycles. The molecule has 2 fully saturated rings. The highest BCUT2D eigenvalue weighted by atomic mass is 15.3. The number of hydrogen-bond acceptors (Lipinski definition) is 0. The van der Waals surface area contributed by atoms with Crippen LogP contribution >= 0.6 is 0 Å². The summed E-state index contributed by atoms with van der Waals surface area (Å²) in [7, 11) is 0. The van der Waals surface area contributed by atoms with Gasteiger partial charge in [-0.2, -0.15) is 0 Å². The summed E-state index contributed by atoms with van der Waals surface area (Å²) < 4.78 is 0. The van der Waals surface area contributed by atoms with Crippen LogP contribution in [0.15, 0.2) is 24.3 Å².